The highest BCUT2D eigenvalue weighted by Gasteiger charge is 2.12. The molecule has 0 bridgehead atoms. The summed E-state index contributed by atoms with van der Waals surface area (Å²) in [5.74, 6) is -0.244. The van der Waals surface area contributed by atoms with Gasteiger partial charge in [-0.2, -0.15) is 0 Å². The van der Waals surface area contributed by atoms with Gasteiger partial charge in [-0.25, -0.2) is 4.98 Å². The number of fused-ring (bicyclic) bond motifs is 1. The first kappa shape index (κ1) is 14.1. The lowest BCUT2D eigenvalue weighted by Crippen LogP contribution is -2.13. The van der Waals surface area contributed by atoms with E-state index in [4.69, 9.17) is 0 Å². The molecule has 1 N–H and O–H groups in total. The molecule has 1 amide bonds. The number of nitrogens with zero attached hydrogens (tertiary/aromatic N) is 3. The lowest BCUT2D eigenvalue weighted by atomic mass is 10.1. The van der Waals surface area contributed by atoms with E-state index < -0.39 is 0 Å². The van der Waals surface area contributed by atoms with Gasteiger partial charge in [0, 0.05) is 24.2 Å². The molecule has 4 aromatic rings. The van der Waals surface area contributed by atoms with Crippen molar-refractivity contribution in [2.75, 3.05) is 5.32 Å². The molecular weight excluding hydrogens is 300 g/mol. The summed E-state index contributed by atoms with van der Waals surface area (Å²) in [5, 5.41) is 2.92. The normalized spacial score (nSPS) is 10.7. The number of hydrogen-bond acceptors (Lipinski definition) is 3. The maximum absolute atomic E-state index is 12.4. The van der Waals surface area contributed by atoms with Crippen LogP contribution in [0.1, 0.15) is 10.5 Å². The first-order chi connectivity index (χ1) is 11.8. The molecule has 1 aromatic carbocycles. The molecule has 116 valence electrons. The monoisotopic (exact) mass is 314 g/mol. The quantitative estimate of drug-likeness (QED) is 0.628. The van der Waals surface area contributed by atoms with Crippen LogP contribution in [-0.4, -0.2) is 20.3 Å². The number of carbonyl (C=O) groups excluding carboxylic acids is 1. The Labute approximate surface area is 138 Å². The Hall–Kier alpha value is -3.47. The van der Waals surface area contributed by atoms with Crippen LogP contribution in [0.5, 0.6) is 0 Å². The van der Waals surface area contributed by atoms with Crippen LogP contribution in [0.2, 0.25) is 0 Å². The molecule has 24 heavy (non-hydrogen) atoms. The molecule has 0 unspecified atom stereocenters. The fourth-order valence-corrected chi connectivity index (χ4v) is 2.56. The lowest BCUT2D eigenvalue weighted by molar-refractivity contribution is 0.102. The second-order valence-corrected chi connectivity index (χ2v) is 5.31. The van der Waals surface area contributed by atoms with E-state index in [0.29, 0.717) is 11.4 Å². The van der Waals surface area contributed by atoms with Gasteiger partial charge in [0.15, 0.2) is 0 Å². The first-order valence-electron chi connectivity index (χ1n) is 7.57. The molecule has 0 saturated heterocycles. The minimum atomic E-state index is -0.244. The largest absolute Gasteiger partial charge is 0.320 e. The molecule has 0 aliphatic heterocycles. The summed E-state index contributed by atoms with van der Waals surface area (Å²) in [4.78, 5) is 21.1. The van der Waals surface area contributed by atoms with E-state index in [-0.39, 0.29) is 5.91 Å². The smallest absolute Gasteiger partial charge is 0.274 e. The van der Waals surface area contributed by atoms with E-state index in [1.807, 2.05) is 59.3 Å². The van der Waals surface area contributed by atoms with Crippen molar-refractivity contribution in [2.24, 2.45) is 0 Å². The van der Waals surface area contributed by atoms with Crippen molar-refractivity contribution in [1.29, 1.82) is 0 Å². The number of benzene rings is 1. The highest BCUT2D eigenvalue weighted by Crippen LogP contribution is 2.27. The molecule has 4 rings (SSSR count). The van der Waals surface area contributed by atoms with Gasteiger partial charge < -0.3 is 9.72 Å². The Morgan fingerprint density at radius 1 is 0.958 bits per heavy atom. The van der Waals surface area contributed by atoms with Crippen LogP contribution in [-0.2, 0) is 0 Å². The van der Waals surface area contributed by atoms with Crippen LogP contribution < -0.4 is 5.32 Å². The average molecular weight is 314 g/mol. The fraction of sp³-hybridized carbons (Fsp3) is 0. The molecule has 0 aliphatic rings. The number of rotatable bonds is 3. The predicted octanol–water partition coefficient (Wildman–Crippen LogP) is 3.65. The van der Waals surface area contributed by atoms with Gasteiger partial charge in [0.05, 0.1) is 11.4 Å². The van der Waals surface area contributed by atoms with Crippen LogP contribution in [0, 0.1) is 0 Å². The minimum absolute atomic E-state index is 0.244. The molecule has 3 heterocycles. The van der Waals surface area contributed by atoms with Crippen molar-refractivity contribution in [3.63, 3.8) is 0 Å². The summed E-state index contributed by atoms with van der Waals surface area (Å²) < 4.78 is 1.95. The summed E-state index contributed by atoms with van der Waals surface area (Å²) in [6.45, 7) is 0. The van der Waals surface area contributed by atoms with Crippen LogP contribution in [0.4, 0.5) is 5.69 Å². The van der Waals surface area contributed by atoms with Gasteiger partial charge in [0.25, 0.3) is 5.91 Å². The van der Waals surface area contributed by atoms with Gasteiger partial charge in [-0.15, -0.1) is 0 Å². The van der Waals surface area contributed by atoms with Crippen molar-refractivity contribution < 1.29 is 4.79 Å². The molecule has 3 aromatic heterocycles. The molecule has 0 aliphatic carbocycles. The number of aromatic nitrogens is 3. The molecule has 0 spiro atoms. The number of carbonyl (C=O) groups is 1. The van der Waals surface area contributed by atoms with Gasteiger partial charge in [0.2, 0.25) is 0 Å². The number of amides is 1. The van der Waals surface area contributed by atoms with E-state index in [0.717, 1.165) is 16.9 Å². The number of hydrogen-bond donors (Lipinski definition) is 1. The zero-order valence-electron chi connectivity index (χ0n) is 12.8. The molecule has 0 saturated carbocycles. The third-order valence-electron chi connectivity index (χ3n) is 3.71. The standard InChI is InChI=1S/C19H14N4O/c24-19(16-9-3-5-11-20-16)22-15-8-2-1-7-14(15)17-13-23-12-6-4-10-18(23)21-17/h1-13H,(H,22,24). The lowest BCUT2D eigenvalue weighted by Gasteiger charge is -2.09. The molecule has 0 atom stereocenters. The second-order valence-electron chi connectivity index (χ2n) is 5.31. The highest BCUT2D eigenvalue weighted by atomic mass is 16.1. The first-order valence-corrected chi connectivity index (χ1v) is 7.57. The Bertz CT molecular complexity index is 975. The van der Waals surface area contributed by atoms with E-state index in [1.54, 1.807) is 24.4 Å². The summed E-state index contributed by atoms with van der Waals surface area (Å²) in [7, 11) is 0. The van der Waals surface area contributed by atoms with Crippen molar-refractivity contribution in [3.8, 4) is 11.3 Å². The second kappa shape index (κ2) is 5.96. The molecule has 5 nitrogen and oxygen atoms in total. The summed E-state index contributed by atoms with van der Waals surface area (Å²) in [6.07, 6.45) is 5.49. The number of imidazole rings is 1. The maximum atomic E-state index is 12.4. The Kier molecular flexibility index (Phi) is 3.51. The minimum Gasteiger partial charge on any atom is -0.320 e. The zero-order chi connectivity index (χ0) is 16.4. The molecule has 5 heteroatoms. The van der Waals surface area contributed by atoms with Crippen LogP contribution in [0.25, 0.3) is 16.9 Å². The van der Waals surface area contributed by atoms with Crippen molar-refractivity contribution in [2.45, 2.75) is 0 Å². The van der Waals surface area contributed by atoms with Crippen molar-refractivity contribution in [3.05, 3.63) is 84.9 Å². The average Bonchev–Trinajstić information content (AvgIpc) is 3.07. The Morgan fingerprint density at radius 3 is 2.62 bits per heavy atom. The summed E-state index contributed by atoms with van der Waals surface area (Å²) in [6, 6.07) is 18.7. The Balaban J connectivity index is 1.71. The number of nitrogens with one attached hydrogen (secondary N) is 1. The van der Waals surface area contributed by atoms with Crippen molar-refractivity contribution in [1.82, 2.24) is 14.4 Å². The topological polar surface area (TPSA) is 59.3 Å². The van der Waals surface area contributed by atoms with Crippen LogP contribution in [0.3, 0.4) is 0 Å². The Morgan fingerprint density at radius 2 is 1.79 bits per heavy atom. The molecular formula is C19H14N4O. The summed E-state index contributed by atoms with van der Waals surface area (Å²) >= 11 is 0. The molecule has 0 radical (unpaired) electrons. The van der Waals surface area contributed by atoms with Gasteiger partial charge in [0.1, 0.15) is 11.3 Å². The van der Waals surface area contributed by atoms with Gasteiger partial charge in [-0.1, -0.05) is 30.3 Å². The van der Waals surface area contributed by atoms with Crippen molar-refractivity contribution >= 4 is 17.2 Å². The highest BCUT2D eigenvalue weighted by molar-refractivity contribution is 6.04. The number of pyridine rings is 2. The third-order valence-corrected chi connectivity index (χ3v) is 3.71. The fourth-order valence-electron chi connectivity index (χ4n) is 2.56. The molecule has 0 fully saturated rings. The van der Waals surface area contributed by atoms with E-state index >= 15 is 0 Å². The zero-order valence-corrected chi connectivity index (χ0v) is 12.8. The van der Waals surface area contributed by atoms with Gasteiger partial charge in [-0.3, -0.25) is 9.78 Å². The van der Waals surface area contributed by atoms with E-state index in [1.165, 1.54) is 0 Å². The van der Waals surface area contributed by atoms with Gasteiger partial charge in [-0.05, 0) is 30.3 Å². The third kappa shape index (κ3) is 2.63. The number of para-hydroxylation sites is 1. The van der Waals surface area contributed by atoms with Gasteiger partial charge >= 0.3 is 0 Å². The number of anilines is 1. The van der Waals surface area contributed by atoms with E-state index in [9.17, 15) is 4.79 Å². The van der Waals surface area contributed by atoms with Crippen LogP contribution >= 0.6 is 0 Å². The maximum Gasteiger partial charge on any atom is 0.274 e. The summed E-state index contributed by atoms with van der Waals surface area (Å²) in [5.41, 5.74) is 3.61. The SMILES string of the molecule is O=C(Nc1ccccc1-c1cn2ccccc2n1)c1ccccn1. The van der Waals surface area contributed by atoms with E-state index in [2.05, 4.69) is 15.3 Å². The predicted molar refractivity (Wildman–Crippen MR) is 92.8 cm³/mol. The van der Waals surface area contributed by atoms with Crippen LogP contribution in [0.15, 0.2) is 79.3 Å².